The molecule has 20 heavy (non-hydrogen) atoms. The number of rotatable bonds is 2. The highest BCUT2D eigenvalue weighted by Crippen LogP contribution is 2.25. The lowest BCUT2D eigenvalue weighted by molar-refractivity contribution is -0.186. The highest BCUT2D eigenvalue weighted by molar-refractivity contribution is 9.09. The fourth-order valence-corrected chi connectivity index (χ4v) is 2.48. The van der Waals surface area contributed by atoms with Gasteiger partial charge in [-0.15, -0.1) is 0 Å². The molecule has 0 atom stereocenters. The maximum absolute atomic E-state index is 12.4. The number of nitrogens with zero attached hydrogens (tertiary/aromatic N) is 1. The monoisotopic (exact) mass is 349 g/mol. The number of fused-ring (bicyclic) bond motifs is 1. The van der Waals surface area contributed by atoms with Crippen LogP contribution in [-0.4, -0.2) is 34.6 Å². The molecular formula is C13H11BrF3NO2. The van der Waals surface area contributed by atoms with E-state index in [-0.39, 0.29) is 24.2 Å². The maximum Gasteiger partial charge on any atom is 0.471 e. The molecule has 0 N–H and O–H groups in total. The number of ketones is 1. The van der Waals surface area contributed by atoms with E-state index >= 15 is 0 Å². The summed E-state index contributed by atoms with van der Waals surface area (Å²) in [6.07, 6.45) is -4.50. The summed E-state index contributed by atoms with van der Waals surface area (Å²) in [4.78, 5) is 23.6. The van der Waals surface area contributed by atoms with E-state index < -0.39 is 12.1 Å². The maximum atomic E-state index is 12.4. The normalized spacial score (nSPS) is 14.9. The summed E-state index contributed by atoms with van der Waals surface area (Å²) >= 11 is 3.05. The number of benzene rings is 1. The van der Waals surface area contributed by atoms with Crippen molar-refractivity contribution in [2.45, 2.75) is 19.1 Å². The molecule has 0 aliphatic carbocycles. The summed E-state index contributed by atoms with van der Waals surface area (Å²) in [7, 11) is 0. The number of hydrogen-bond acceptors (Lipinski definition) is 2. The van der Waals surface area contributed by atoms with Crippen molar-refractivity contribution in [2.75, 3.05) is 11.9 Å². The Labute approximate surface area is 121 Å². The largest absolute Gasteiger partial charge is 0.471 e. The molecule has 1 heterocycles. The Hall–Kier alpha value is -1.37. The second kappa shape index (κ2) is 5.55. The summed E-state index contributed by atoms with van der Waals surface area (Å²) in [5.74, 6) is -1.98. The molecule has 0 spiro atoms. The topological polar surface area (TPSA) is 37.4 Å². The van der Waals surface area contributed by atoms with E-state index in [1.54, 1.807) is 18.2 Å². The van der Waals surface area contributed by atoms with Gasteiger partial charge in [0.1, 0.15) is 0 Å². The summed E-state index contributed by atoms with van der Waals surface area (Å²) in [6, 6.07) is 4.96. The van der Waals surface area contributed by atoms with Gasteiger partial charge in [-0.05, 0) is 23.6 Å². The van der Waals surface area contributed by atoms with Crippen LogP contribution in [0.2, 0.25) is 0 Å². The van der Waals surface area contributed by atoms with Gasteiger partial charge in [0.15, 0.2) is 5.78 Å². The van der Waals surface area contributed by atoms with Crippen molar-refractivity contribution in [1.82, 2.24) is 4.90 Å². The van der Waals surface area contributed by atoms with Gasteiger partial charge in [-0.3, -0.25) is 9.59 Å². The molecule has 0 radical (unpaired) electrons. The first-order valence-corrected chi connectivity index (χ1v) is 7.02. The van der Waals surface area contributed by atoms with Gasteiger partial charge in [0.05, 0.1) is 5.33 Å². The Balaban J connectivity index is 2.24. The number of carbonyl (C=O) groups excluding carboxylic acids is 2. The number of alkyl halides is 4. The van der Waals surface area contributed by atoms with E-state index in [2.05, 4.69) is 15.9 Å². The Morgan fingerprint density at radius 2 is 1.95 bits per heavy atom. The quantitative estimate of drug-likeness (QED) is 0.608. The summed E-state index contributed by atoms with van der Waals surface area (Å²) in [5.41, 5.74) is 1.91. The van der Waals surface area contributed by atoms with Gasteiger partial charge >= 0.3 is 12.1 Å². The van der Waals surface area contributed by atoms with Gasteiger partial charge < -0.3 is 4.90 Å². The van der Waals surface area contributed by atoms with E-state index in [9.17, 15) is 22.8 Å². The van der Waals surface area contributed by atoms with Crippen LogP contribution in [0, 0.1) is 0 Å². The lowest BCUT2D eigenvalue weighted by Gasteiger charge is -2.29. The van der Waals surface area contributed by atoms with Crippen LogP contribution in [0.3, 0.4) is 0 Å². The average Bonchev–Trinajstić information content (AvgIpc) is 2.43. The predicted molar refractivity (Wildman–Crippen MR) is 69.7 cm³/mol. The van der Waals surface area contributed by atoms with Crippen LogP contribution >= 0.6 is 15.9 Å². The third-order valence-electron chi connectivity index (χ3n) is 3.19. The molecule has 1 aliphatic heterocycles. The average molecular weight is 350 g/mol. The SMILES string of the molecule is O=C(CBr)c1ccc2c(c1)CN(C(=O)C(F)(F)F)CC2. The zero-order valence-corrected chi connectivity index (χ0v) is 11.9. The molecule has 0 saturated carbocycles. The molecule has 1 aromatic carbocycles. The number of carbonyl (C=O) groups is 2. The van der Waals surface area contributed by atoms with E-state index in [1.807, 2.05) is 0 Å². The third kappa shape index (κ3) is 3.03. The van der Waals surface area contributed by atoms with Crippen molar-refractivity contribution in [3.63, 3.8) is 0 Å². The summed E-state index contributed by atoms with van der Waals surface area (Å²) in [6.45, 7) is -0.0752. The Bertz CT molecular complexity index is 557. The van der Waals surface area contributed by atoms with Crippen molar-refractivity contribution in [3.05, 3.63) is 34.9 Å². The van der Waals surface area contributed by atoms with Crippen LogP contribution in [0.4, 0.5) is 13.2 Å². The number of Topliss-reactive ketones (excluding diaryl/α,β-unsaturated/α-hetero) is 1. The molecule has 0 saturated heterocycles. The van der Waals surface area contributed by atoms with E-state index in [0.29, 0.717) is 17.5 Å². The molecule has 108 valence electrons. The first-order chi connectivity index (χ1) is 9.32. The first kappa shape index (κ1) is 15.0. The smallest absolute Gasteiger partial charge is 0.330 e. The van der Waals surface area contributed by atoms with Crippen molar-refractivity contribution in [2.24, 2.45) is 0 Å². The van der Waals surface area contributed by atoms with Gasteiger partial charge in [-0.1, -0.05) is 28.1 Å². The van der Waals surface area contributed by atoms with Crippen molar-refractivity contribution < 1.29 is 22.8 Å². The van der Waals surface area contributed by atoms with Crippen LogP contribution in [-0.2, 0) is 17.8 Å². The van der Waals surface area contributed by atoms with Crippen LogP contribution in [0.15, 0.2) is 18.2 Å². The minimum absolute atomic E-state index is 0.0388. The molecule has 7 heteroatoms. The molecule has 3 nitrogen and oxygen atoms in total. The Kier molecular flexibility index (Phi) is 4.17. The molecule has 1 aliphatic rings. The van der Waals surface area contributed by atoms with Crippen LogP contribution in [0.25, 0.3) is 0 Å². The molecule has 0 bridgehead atoms. The first-order valence-electron chi connectivity index (χ1n) is 5.90. The third-order valence-corrected chi connectivity index (χ3v) is 3.70. The van der Waals surface area contributed by atoms with Gasteiger partial charge in [0, 0.05) is 18.7 Å². The molecule has 1 aromatic rings. The molecule has 0 aromatic heterocycles. The predicted octanol–water partition coefficient (Wildman–Crippen LogP) is 2.71. The number of halogens is 4. The van der Waals surface area contributed by atoms with Crippen LogP contribution in [0.5, 0.6) is 0 Å². The zero-order chi connectivity index (χ0) is 14.9. The minimum atomic E-state index is -4.86. The van der Waals surface area contributed by atoms with Crippen LogP contribution in [0.1, 0.15) is 21.5 Å². The van der Waals surface area contributed by atoms with E-state index in [4.69, 9.17) is 0 Å². The standard InChI is InChI=1S/C13H11BrF3NO2/c14-6-11(19)9-2-1-8-3-4-18(7-10(8)5-9)12(20)13(15,16)17/h1-2,5H,3-4,6-7H2. The van der Waals surface area contributed by atoms with Crippen molar-refractivity contribution in [1.29, 1.82) is 0 Å². The van der Waals surface area contributed by atoms with Gasteiger partial charge in [0.25, 0.3) is 0 Å². The molecule has 0 fully saturated rings. The lowest BCUT2D eigenvalue weighted by Crippen LogP contribution is -2.43. The lowest BCUT2D eigenvalue weighted by atomic mass is 9.96. The molecule has 0 unspecified atom stereocenters. The zero-order valence-electron chi connectivity index (χ0n) is 10.3. The summed E-state index contributed by atoms with van der Waals surface area (Å²) < 4.78 is 37.3. The van der Waals surface area contributed by atoms with E-state index in [0.717, 1.165) is 10.5 Å². The fourth-order valence-electron chi connectivity index (χ4n) is 2.16. The number of amides is 1. The second-order valence-corrected chi connectivity index (χ2v) is 5.08. The molecule has 1 amide bonds. The highest BCUT2D eigenvalue weighted by Gasteiger charge is 2.43. The minimum Gasteiger partial charge on any atom is -0.330 e. The molecular weight excluding hydrogens is 339 g/mol. The van der Waals surface area contributed by atoms with E-state index in [1.165, 1.54) is 0 Å². The number of hydrogen-bond donors (Lipinski definition) is 0. The van der Waals surface area contributed by atoms with Gasteiger partial charge in [0.2, 0.25) is 0 Å². The molecule has 2 rings (SSSR count). The Morgan fingerprint density at radius 1 is 1.25 bits per heavy atom. The fraction of sp³-hybridized carbons (Fsp3) is 0.385. The summed E-state index contributed by atoms with van der Waals surface area (Å²) in [5, 5.41) is 0.150. The van der Waals surface area contributed by atoms with Crippen molar-refractivity contribution >= 4 is 27.6 Å². The van der Waals surface area contributed by atoms with Crippen LogP contribution < -0.4 is 0 Å². The Morgan fingerprint density at radius 3 is 2.55 bits per heavy atom. The van der Waals surface area contributed by atoms with Crippen molar-refractivity contribution in [3.8, 4) is 0 Å². The van der Waals surface area contributed by atoms with Gasteiger partial charge in [-0.25, -0.2) is 0 Å². The van der Waals surface area contributed by atoms with Gasteiger partial charge in [-0.2, -0.15) is 13.2 Å². The second-order valence-electron chi connectivity index (χ2n) is 4.51. The highest BCUT2D eigenvalue weighted by atomic mass is 79.9.